The molecule has 0 bridgehead atoms. The van der Waals surface area contributed by atoms with E-state index < -0.39 is 5.41 Å². The molecule has 6 heteroatoms. The number of aliphatic hydroxyl groups is 1. The van der Waals surface area contributed by atoms with Crippen LogP contribution >= 0.6 is 0 Å². The van der Waals surface area contributed by atoms with Crippen LogP contribution in [0.2, 0.25) is 0 Å². The first-order valence-corrected chi connectivity index (χ1v) is 15.1. The van der Waals surface area contributed by atoms with E-state index in [1.807, 2.05) is 12.7 Å². The van der Waals surface area contributed by atoms with Gasteiger partial charge in [0.25, 0.3) is 0 Å². The van der Waals surface area contributed by atoms with Crippen LogP contribution < -0.4 is 0 Å². The van der Waals surface area contributed by atoms with E-state index in [2.05, 4.69) is 75.4 Å². The number of allylic oxidation sites excluding steroid dienone is 4. The first-order chi connectivity index (χ1) is 18.1. The highest BCUT2D eigenvalue weighted by Gasteiger charge is 2.69. The molecule has 1 N–H and O–H groups in total. The minimum absolute atomic E-state index is 0.00723. The lowest BCUT2D eigenvalue weighted by Crippen LogP contribution is -2.65. The Morgan fingerprint density at radius 3 is 2.36 bits per heavy atom. The second-order valence-corrected chi connectivity index (χ2v) is 16.0. The highest BCUT2D eigenvalue weighted by molar-refractivity contribution is 5.95. The fraction of sp³-hybridized carbons (Fsp3) is 0.758. The summed E-state index contributed by atoms with van der Waals surface area (Å²) in [7, 11) is 0. The number of hydrogen-bond donors (Lipinski definition) is 1. The molecule has 0 unspecified atom stereocenters. The Hall–Kier alpha value is -2.42. The van der Waals surface area contributed by atoms with E-state index in [1.54, 1.807) is 0 Å². The fourth-order valence-electron chi connectivity index (χ4n) is 11.0. The lowest BCUT2D eigenvalue weighted by atomic mass is 9.34. The van der Waals surface area contributed by atoms with Crippen molar-refractivity contribution in [3.8, 4) is 6.07 Å². The molecule has 39 heavy (non-hydrogen) atoms. The number of carbonyl (C=O) groups excluding carboxylic acids is 1. The minimum atomic E-state index is -0.491. The minimum Gasteiger partial charge on any atom is -0.511 e. The van der Waals surface area contributed by atoms with Crippen molar-refractivity contribution >= 4 is 5.78 Å². The Balaban J connectivity index is 1.49. The van der Waals surface area contributed by atoms with Crippen LogP contribution in [0.4, 0.5) is 0 Å². The quantitative estimate of drug-likeness (QED) is 0.436. The van der Waals surface area contributed by atoms with Gasteiger partial charge in [-0.3, -0.25) is 4.79 Å². The van der Waals surface area contributed by atoms with E-state index in [4.69, 9.17) is 0 Å². The van der Waals surface area contributed by atoms with Crippen LogP contribution in [0.3, 0.4) is 0 Å². The normalized spacial score (nSPS) is 44.3. The second kappa shape index (κ2) is 8.08. The zero-order valence-electron chi connectivity index (χ0n) is 25.0. The number of nitrogens with zero attached hydrogens (tertiary/aromatic N) is 4. The average Bonchev–Trinajstić information content (AvgIpc) is 3.36. The molecule has 6 rings (SSSR count). The summed E-state index contributed by atoms with van der Waals surface area (Å²) in [6.07, 6.45) is 13.8. The Kier molecular flexibility index (Phi) is 5.55. The molecule has 3 fully saturated rings. The number of aromatic nitrogens is 3. The summed E-state index contributed by atoms with van der Waals surface area (Å²) >= 11 is 0. The summed E-state index contributed by atoms with van der Waals surface area (Å²) < 4.78 is 2.14. The third-order valence-corrected chi connectivity index (χ3v) is 13.3. The van der Waals surface area contributed by atoms with E-state index in [1.165, 1.54) is 12.0 Å². The number of hydrogen-bond acceptors (Lipinski definition) is 5. The predicted octanol–water partition coefficient (Wildman–Crippen LogP) is 7.20. The van der Waals surface area contributed by atoms with Crippen molar-refractivity contribution in [3.05, 3.63) is 35.6 Å². The van der Waals surface area contributed by atoms with Gasteiger partial charge in [-0.05, 0) is 96.4 Å². The monoisotopic (exact) mass is 530 g/mol. The van der Waals surface area contributed by atoms with E-state index in [0.717, 1.165) is 45.1 Å². The molecule has 5 aliphatic rings. The zero-order valence-corrected chi connectivity index (χ0v) is 25.0. The van der Waals surface area contributed by atoms with Crippen molar-refractivity contribution < 1.29 is 9.90 Å². The van der Waals surface area contributed by atoms with Crippen LogP contribution in [0.15, 0.2) is 35.6 Å². The number of fused-ring (bicyclic) bond motifs is 7. The molecule has 5 aliphatic carbocycles. The van der Waals surface area contributed by atoms with Crippen molar-refractivity contribution in [3.63, 3.8) is 0 Å². The number of ketones is 1. The van der Waals surface area contributed by atoms with Crippen LogP contribution in [-0.4, -0.2) is 25.7 Å². The van der Waals surface area contributed by atoms with Gasteiger partial charge in [0.2, 0.25) is 0 Å². The van der Waals surface area contributed by atoms with Crippen LogP contribution in [0.25, 0.3) is 0 Å². The number of rotatable bonds is 2. The number of carbonyl (C=O) groups is 1. The summed E-state index contributed by atoms with van der Waals surface area (Å²) in [5.74, 6) is 1.06. The van der Waals surface area contributed by atoms with Crippen molar-refractivity contribution in [2.45, 2.75) is 106 Å². The largest absolute Gasteiger partial charge is 0.511 e. The average molecular weight is 531 g/mol. The maximum atomic E-state index is 14.6. The van der Waals surface area contributed by atoms with Crippen molar-refractivity contribution in [1.82, 2.24) is 14.8 Å². The highest BCUT2D eigenvalue weighted by atomic mass is 16.3. The molecular formula is C33H46N4O2. The van der Waals surface area contributed by atoms with E-state index in [9.17, 15) is 15.2 Å². The fourth-order valence-corrected chi connectivity index (χ4v) is 11.0. The van der Waals surface area contributed by atoms with Gasteiger partial charge in [-0.25, -0.2) is 0 Å². The van der Waals surface area contributed by atoms with Crippen molar-refractivity contribution in [2.24, 2.45) is 50.2 Å². The lowest BCUT2D eigenvalue weighted by molar-refractivity contribution is -0.175. The smallest absolute Gasteiger partial charge is 0.159 e. The number of aliphatic hydroxyl groups excluding tert-OH is 1. The third kappa shape index (κ3) is 3.40. The van der Waals surface area contributed by atoms with E-state index in [-0.39, 0.29) is 44.7 Å². The van der Waals surface area contributed by atoms with Gasteiger partial charge in [0, 0.05) is 17.9 Å². The molecule has 6 nitrogen and oxygen atoms in total. The Morgan fingerprint density at radius 1 is 1.03 bits per heavy atom. The summed E-state index contributed by atoms with van der Waals surface area (Å²) in [4.78, 5) is 14.6. The predicted molar refractivity (Wildman–Crippen MR) is 150 cm³/mol. The molecule has 1 aromatic heterocycles. The van der Waals surface area contributed by atoms with Gasteiger partial charge in [-0.15, -0.1) is 10.2 Å². The molecular weight excluding hydrogens is 484 g/mol. The highest BCUT2D eigenvalue weighted by Crippen LogP contribution is 2.75. The molecule has 210 valence electrons. The SMILES string of the molecule is CC1(C)CC[C@]2(Cn3cnnc3)CC[C@]3(C)[C@H](C(=O)C=C4[C@@]5(C)CC(C#N)=C(O)C(C)(C)[C@@H]5CC[C@]43C)[C@@H]2C1. The van der Waals surface area contributed by atoms with Crippen LogP contribution in [0.5, 0.6) is 0 Å². The lowest BCUT2D eigenvalue weighted by Gasteiger charge is -2.69. The van der Waals surface area contributed by atoms with Gasteiger partial charge in [-0.1, -0.05) is 54.0 Å². The van der Waals surface area contributed by atoms with E-state index in [0.29, 0.717) is 23.7 Å². The van der Waals surface area contributed by atoms with Gasteiger partial charge in [0.1, 0.15) is 18.4 Å². The maximum absolute atomic E-state index is 14.6. The second-order valence-electron chi connectivity index (χ2n) is 16.0. The molecule has 0 radical (unpaired) electrons. The summed E-state index contributed by atoms with van der Waals surface area (Å²) in [5.41, 5.74) is 0.970. The van der Waals surface area contributed by atoms with Gasteiger partial charge in [0.15, 0.2) is 5.78 Å². The Bertz CT molecular complexity index is 1320. The summed E-state index contributed by atoms with van der Waals surface area (Å²) in [6.45, 7) is 17.0. The molecule has 1 aromatic rings. The molecule has 1 heterocycles. The maximum Gasteiger partial charge on any atom is 0.159 e. The Morgan fingerprint density at radius 2 is 1.69 bits per heavy atom. The molecule has 0 saturated heterocycles. The van der Waals surface area contributed by atoms with Crippen LogP contribution in [0, 0.1) is 61.6 Å². The molecule has 0 aromatic carbocycles. The van der Waals surface area contributed by atoms with Gasteiger partial charge >= 0.3 is 0 Å². The first kappa shape index (κ1) is 26.8. The molecule has 0 aliphatic heterocycles. The molecule has 0 amide bonds. The van der Waals surface area contributed by atoms with Crippen LogP contribution in [0.1, 0.15) is 99.8 Å². The molecule has 0 spiro atoms. The number of nitriles is 1. The van der Waals surface area contributed by atoms with Crippen molar-refractivity contribution in [1.29, 1.82) is 5.26 Å². The van der Waals surface area contributed by atoms with Crippen molar-refractivity contribution in [2.75, 3.05) is 0 Å². The van der Waals surface area contributed by atoms with E-state index >= 15 is 0 Å². The van der Waals surface area contributed by atoms with Gasteiger partial charge in [-0.2, -0.15) is 5.26 Å². The van der Waals surface area contributed by atoms with Gasteiger partial charge in [0.05, 0.1) is 11.6 Å². The van der Waals surface area contributed by atoms with Gasteiger partial charge < -0.3 is 9.67 Å². The summed E-state index contributed by atoms with van der Waals surface area (Å²) in [5, 5.41) is 29.3. The zero-order chi connectivity index (χ0) is 28.2. The first-order valence-electron chi connectivity index (χ1n) is 15.1. The molecule has 3 saturated carbocycles. The van der Waals surface area contributed by atoms with Crippen LogP contribution in [-0.2, 0) is 11.3 Å². The third-order valence-electron chi connectivity index (χ3n) is 13.3. The molecule has 7 atom stereocenters. The summed E-state index contributed by atoms with van der Waals surface area (Å²) in [6, 6.07) is 2.33. The standard InChI is InChI=1S/C33H46N4O2/c1-28(2)10-12-33(18-37-19-35-36-20-37)13-11-32(7)26(22(33)16-28)23(38)14-25-30(5)15-21(17-34)27(39)29(3,4)24(30)8-9-31(25,32)6/h14,19-20,22,24,26,39H,8-13,15-16,18H2,1-7H3/t22-,24-,26-,30-,31+,32+,33+/m0/s1. The topological polar surface area (TPSA) is 91.8 Å². The Labute approximate surface area is 234 Å².